The van der Waals surface area contributed by atoms with Crippen LogP contribution >= 0.6 is 24.0 Å². The van der Waals surface area contributed by atoms with Crippen LogP contribution in [0.25, 0.3) is 0 Å². The zero-order valence-electron chi connectivity index (χ0n) is 17.8. The minimum Gasteiger partial charge on any atom is -0.454 e. The third-order valence-corrected chi connectivity index (χ3v) is 5.29. The van der Waals surface area contributed by atoms with E-state index in [9.17, 15) is 0 Å². The van der Waals surface area contributed by atoms with Gasteiger partial charge in [-0.1, -0.05) is 6.07 Å². The molecule has 1 saturated heterocycles. The van der Waals surface area contributed by atoms with Gasteiger partial charge >= 0.3 is 0 Å². The molecule has 0 amide bonds. The highest BCUT2D eigenvalue weighted by Gasteiger charge is 2.18. The molecule has 1 fully saturated rings. The van der Waals surface area contributed by atoms with Crippen molar-refractivity contribution in [3.05, 3.63) is 42.2 Å². The highest BCUT2D eigenvalue weighted by Crippen LogP contribution is 2.32. The number of anilines is 1. The monoisotopic (exact) mass is 539 g/mol. The summed E-state index contributed by atoms with van der Waals surface area (Å²) in [5.41, 5.74) is 1.21. The van der Waals surface area contributed by atoms with E-state index in [0.29, 0.717) is 6.79 Å². The van der Waals surface area contributed by atoms with Gasteiger partial charge in [0.2, 0.25) is 12.7 Å². The molecule has 31 heavy (non-hydrogen) atoms. The first-order valence-corrected chi connectivity index (χ1v) is 10.4. The predicted molar refractivity (Wildman–Crippen MR) is 132 cm³/mol. The molecule has 1 aromatic heterocycles. The zero-order chi connectivity index (χ0) is 20.6. The topological polar surface area (TPSA) is 87.1 Å². The Morgan fingerprint density at radius 3 is 2.55 bits per heavy atom. The Kier molecular flexibility index (Phi) is 8.95. The van der Waals surface area contributed by atoms with Gasteiger partial charge in [0.05, 0.1) is 0 Å². The molecule has 0 radical (unpaired) electrons. The first-order chi connectivity index (χ1) is 14.8. The molecule has 10 heteroatoms. The van der Waals surface area contributed by atoms with Crippen LogP contribution in [-0.2, 0) is 6.42 Å². The number of hydrogen-bond donors (Lipinski definition) is 2. The average Bonchev–Trinajstić information content (AvgIpc) is 3.27. The summed E-state index contributed by atoms with van der Waals surface area (Å²) in [6, 6.07) is 7.93. The van der Waals surface area contributed by atoms with Gasteiger partial charge in [0.1, 0.15) is 0 Å². The Bertz CT molecular complexity index is 845. The molecule has 3 heterocycles. The quantitative estimate of drug-likeness (QED) is 0.310. The largest absolute Gasteiger partial charge is 0.454 e. The Morgan fingerprint density at radius 1 is 1.03 bits per heavy atom. The van der Waals surface area contributed by atoms with Crippen LogP contribution in [0.15, 0.2) is 41.7 Å². The summed E-state index contributed by atoms with van der Waals surface area (Å²) in [5.74, 6) is 3.30. The summed E-state index contributed by atoms with van der Waals surface area (Å²) in [5, 5.41) is 6.78. The Morgan fingerprint density at radius 2 is 1.77 bits per heavy atom. The molecule has 0 spiro atoms. The van der Waals surface area contributed by atoms with E-state index in [1.807, 2.05) is 18.2 Å². The highest BCUT2D eigenvalue weighted by molar-refractivity contribution is 14.0. The number of ether oxygens (including phenoxy) is 2. The molecule has 2 aromatic rings. The Hall–Kier alpha value is -2.34. The lowest BCUT2D eigenvalue weighted by molar-refractivity contribution is 0.174. The van der Waals surface area contributed by atoms with E-state index in [1.54, 1.807) is 19.4 Å². The van der Waals surface area contributed by atoms with Crippen LogP contribution in [0.4, 0.5) is 5.95 Å². The lowest BCUT2D eigenvalue weighted by Gasteiger charge is -2.34. The van der Waals surface area contributed by atoms with Gasteiger partial charge in [0.25, 0.3) is 0 Å². The number of aromatic nitrogens is 2. The normalized spacial score (nSPS) is 16.0. The average molecular weight is 539 g/mol. The Labute approximate surface area is 200 Å². The van der Waals surface area contributed by atoms with Gasteiger partial charge in [0.15, 0.2) is 17.5 Å². The minimum absolute atomic E-state index is 0. The molecule has 1 aromatic carbocycles. The lowest BCUT2D eigenvalue weighted by atomic mass is 10.1. The van der Waals surface area contributed by atoms with Gasteiger partial charge in [-0.15, -0.1) is 24.0 Å². The van der Waals surface area contributed by atoms with Crippen LogP contribution in [-0.4, -0.2) is 80.5 Å². The molecule has 0 saturated carbocycles. The highest BCUT2D eigenvalue weighted by atomic mass is 127. The second-order valence-electron chi connectivity index (χ2n) is 7.24. The van der Waals surface area contributed by atoms with E-state index < -0.39 is 0 Å². The molecular formula is C21H30IN7O2. The molecule has 2 aliphatic rings. The molecule has 9 nitrogen and oxygen atoms in total. The van der Waals surface area contributed by atoms with Crippen LogP contribution < -0.4 is 25.0 Å². The summed E-state index contributed by atoms with van der Waals surface area (Å²) in [7, 11) is 1.80. The molecule has 0 bridgehead atoms. The molecule has 0 atom stereocenters. The summed E-state index contributed by atoms with van der Waals surface area (Å²) in [4.78, 5) is 17.7. The molecule has 0 aliphatic carbocycles. The molecular weight excluding hydrogens is 509 g/mol. The molecule has 0 unspecified atom stereocenters. The van der Waals surface area contributed by atoms with E-state index in [2.05, 4.69) is 41.5 Å². The van der Waals surface area contributed by atoms with Crippen molar-refractivity contribution < 1.29 is 9.47 Å². The predicted octanol–water partition coefficient (Wildman–Crippen LogP) is 1.35. The van der Waals surface area contributed by atoms with Gasteiger partial charge in [-0.2, -0.15) is 0 Å². The van der Waals surface area contributed by atoms with Crippen molar-refractivity contribution in [2.24, 2.45) is 4.99 Å². The number of halogens is 1. The number of nitrogens with zero attached hydrogens (tertiary/aromatic N) is 5. The smallest absolute Gasteiger partial charge is 0.231 e. The third kappa shape index (κ3) is 6.57. The Balaban J connectivity index is 0.00000272. The van der Waals surface area contributed by atoms with Gasteiger partial charge < -0.3 is 25.0 Å². The maximum atomic E-state index is 5.44. The van der Waals surface area contributed by atoms with Crippen LogP contribution in [0.5, 0.6) is 11.5 Å². The lowest BCUT2D eigenvalue weighted by Crippen LogP contribution is -2.49. The maximum Gasteiger partial charge on any atom is 0.231 e. The SMILES string of the molecule is CN=C(NCCc1ccc2c(c1)OCO2)NCCN1CCN(c2ncccn2)CC1.I. The van der Waals surface area contributed by atoms with Crippen LogP contribution in [0.1, 0.15) is 5.56 Å². The number of guanidine groups is 1. The van der Waals surface area contributed by atoms with Crippen LogP contribution in [0.2, 0.25) is 0 Å². The van der Waals surface area contributed by atoms with Gasteiger partial charge in [-0.25, -0.2) is 9.97 Å². The number of aliphatic imine (C=N–C) groups is 1. The number of benzene rings is 1. The number of fused-ring (bicyclic) bond motifs is 1. The first kappa shape index (κ1) is 23.3. The van der Waals surface area contributed by atoms with Crippen molar-refractivity contribution in [1.29, 1.82) is 0 Å². The molecule has 4 rings (SSSR count). The van der Waals surface area contributed by atoms with Crippen molar-refractivity contribution in [3.8, 4) is 11.5 Å². The number of rotatable bonds is 7. The molecule has 168 valence electrons. The van der Waals surface area contributed by atoms with Gasteiger partial charge in [0, 0.05) is 65.3 Å². The second kappa shape index (κ2) is 11.9. The summed E-state index contributed by atoms with van der Waals surface area (Å²) < 4.78 is 10.8. The fourth-order valence-electron chi connectivity index (χ4n) is 3.60. The van der Waals surface area contributed by atoms with E-state index in [0.717, 1.165) is 75.6 Å². The maximum absolute atomic E-state index is 5.44. The summed E-state index contributed by atoms with van der Waals surface area (Å²) in [6.45, 7) is 6.86. The van der Waals surface area contributed by atoms with E-state index in [1.165, 1.54) is 5.56 Å². The number of nitrogens with one attached hydrogen (secondary N) is 2. The molecule has 2 N–H and O–H groups in total. The number of piperazine rings is 1. The van der Waals surface area contributed by atoms with Crippen molar-refractivity contribution >= 4 is 35.9 Å². The number of hydrogen-bond acceptors (Lipinski definition) is 7. The fraction of sp³-hybridized carbons (Fsp3) is 0.476. The zero-order valence-corrected chi connectivity index (χ0v) is 20.1. The standard InChI is InChI=1S/C21H29N7O2.HI/c1-22-20(23-8-5-17-3-4-18-19(15-17)30-16-29-18)24-9-10-27-11-13-28(14-12-27)21-25-6-2-7-26-21;/h2-4,6-7,15H,5,8-14,16H2,1H3,(H2,22,23,24);1H. The van der Waals surface area contributed by atoms with Crippen LogP contribution in [0, 0.1) is 0 Å². The van der Waals surface area contributed by atoms with E-state index >= 15 is 0 Å². The molecule has 2 aliphatic heterocycles. The van der Waals surface area contributed by atoms with Crippen molar-refractivity contribution in [2.75, 3.05) is 64.6 Å². The summed E-state index contributed by atoms with van der Waals surface area (Å²) >= 11 is 0. The van der Waals surface area contributed by atoms with Crippen molar-refractivity contribution in [3.63, 3.8) is 0 Å². The third-order valence-electron chi connectivity index (χ3n) is 5.29. The van der Waals surface area contributed by atoms with Crippen LogP contribution in [0.3, 0.4) is 0 Å². The van der Waals surface area contributed by atoms with Crippen molar-refractivity contribution in [1.82, 2.24) is 25.5 Å². The first-order valence-electron chi connectivity index (χ1n) is 10.4. The van der Waals surface area contributed by atoms with Crippen molar-refractivity contribution in [2.45, 2.75) is 6.42 Å². The summed E-state index contributed by atoms with van der Waals surface area (Å²) in [6.07, 6.45) is 4.48. The minimum atomic E-state index is 0. The van der Waals surface area contributed by atoms with Gasteiger partial charge in [-0.05, 0) is 30.2 Å². The van der Waals surface area contributed by atoms with E-state index in [4.69, 9.17) is 9.47 Å². The van der Waals surface area contributed by atoms with Gasteiger partial charge in [-0.3, -0.25) is 9.89 Å². The second-order valence-corrected chi connectivity index (χ2v) is 7.24. The fourth-order valence-corrected chi connectivity index (χ4v) is 3.60. The van der Waals surface area contributed by atoms with E-state index in [-0.39, 0.29) is 24.0 Å².